The van der Waals surface area contributed by atoms with E-state index in [4.69, 9.17) is 3.02 Å². The van der Waals surface area contributed by atoms with Gasteiger partial charge in [0.1, 0.15) is 0 Å². The molecule has 0 radical (unpaired) electrons. The Morgan fingerprint density at radius 1 is 1.67 bits per heavy atom. The molecule has 0 aromatic heterocycles. The quantitative estimate of drug-likeness (QED) is 0.468. The fourth-order valence-electron chi connectivity index (χ4n) is 0.228. The second-order valence-electron chi connectivity index (χ2n) is 1.22. The summed E-state index contributed by atoms with van der Waals surface area (Å²) in [5.41, 5.74) is 0. The van der Waals surface area contributed by atoms with Crippen molar-refractivity contribution in [2.24, 2.45) is 0 Å². The van der Waals surface area contributed by atoms with Gasteiger partial charge >= 0.3 is 52.8 Å². The van der Waals surface area contributed by atoms with E-state index in [0.717, 1.165) is 30.0 Å². The molecule has 0 bridgehead atoms. The van der Waals surface area contributed by atoms with Crippen LogP contribution >= 0.6 is 0 Å². The molecule has 0 aliphatic carbocycles. The average molecular weight is 197 g/mol. The van der Waals surface area contributed by atoms with Crippen molar-refractivity contribution in [1.82, 2.24) is 0 Å². The summed E-state index contributed by atoms with van der Waals surface area (Å²) in [6.45, 7) is 3.14. The molecule has 38 valence electrons. The SMILES string of the molecule is CCCC[O][SbH2]. The Balaban J connectivity index is 2.34. The zero-order valence-electron chi connectivity index (χ0n) is 4.11. The van der Waals surface area contributed by atoms with Crippen LogP contribution < -0.4 is 0 Å². The van der Waals surface area contributed by atoms with Crippen molar-refractivity contribution in [2.45, 2.75) is 19.8 Å². The van der Waals surface area contributed by atoms with Crippen LogP contribution in [0.4, 0.5) is 0 Å². The molecule has 0 aliphatic heterocycles. The molecule has 0 atom stereocenters. The molecule has 0 aromatic carbocycles. The van der Waals surface area contributed by atoms with E-state index in [0.29, 0.717) is 0 Å². The summed E-state index contributed by atoms with van der Waals surface area (Å²) in [6.07, 6.45) is 2.47. The Kier molecular flexibility index (Phi) is 6.53. The van der Waals surface area contributed by atoms with Crippen molar-refractivity contribution in [1.29, 1.82) is 0 Å². The van der Waals surface area contributed by atoms with Crippen LogP contribution in [-0.2, 0) is 3.02 Å². The normalized spacial score (nSPS) is 9.00. The Hall–Kier alpha value is 0.778. The Labute approximate surface area is 53.1 Å². The van der Waals surface area contributed by atoms with Crippen LogP contribution in [0.5, 0.6) is 0 Å². The minimum absolute atomic E-state index is 0.956. The first-order valence-corrected chi connectivity index (χ1v) is 3.58. The van der Waals surface area contributed by atoms with Crippen molar-refractivity contribution in [3.05, 3.63) is 0 Å². The molecular weight excluding hydrogens is 186 g/mol. The summed E-state index contributed by atoms with van der Waals surface area (Å²) in [5.74, 6) is 0. The maximum absolute atomic E-state index is 4.91. The molecule has 0 heterocycles. The van der Waals surface area contributed by atoms with Crippen LogP contribution in [0.3, 0.4) is 0 Å². The molecule has 0 fully saturated rings. The van der Waals surface area contributed by atoms with Crippen LogP contribution in [-0.4, -0.2) is 30.0 Å². The molecule has 0 saturated carbocycles. The van der Waals surface area contributed by atoms with Gasteiger partial charge in [0.2, 0.25) is 0 Å². The van der Waals surface area contributed by atoms with Gasteiger partial charge in [-0.25, -0.2) is 0 Å². The predicted molar refractivity (Wildman–Crippen MR) is 29.4 cm³/mol. The van der Waals surface area contributed by atoms with Gasteiger partial charge in [0, 0.05) is 0 Å². The van der Waals surface area contributed by atoms with Gasteiger partial charge in [-0.05, 0) is 0 Å². The van der Waals surface area contributed by atoms with Crippen LogP contribution in [0.25, 0.3) is 0 Å². The molecule has 0 rings (SSSR count). The number of hydrogen-bond acceptors (Lipinski definition) is 1. The van der Waals surface area contributed by atoms with Gasteiger partial charge < -0.3 is 0 Å². The van der Waals surface area contributed by atoms with E-state index < -0.39 is 0 Å². The average Bonchev–Trinajstić information content (AvgIpc) is 1.61. The second-order valence-corrected chi connectivity index (χ2v) is 2.18. The maximum atomic E-state index is 4.91. The van der Waals surface area contributed by atoms with Gasteiger partial charge in [-0.1, -0.05) is 0 Å². The van der Waals surface area contributed by atoms with Crippen molar-refractivity contribution in [3.63, 3.8) is 0 Å². The molecule has 0 amide bonds. The zero-order chi connectivity index (χ0) is 4.83. The summed E-state index contributed by atoms with van der Waals surface area (Å²) in [4.78, 5) is 0. The van der Waals surface area contributed by atoms with Crippen LogP contribution in [0, 0.1) is 0 Å². The van der Waals surface area contributed by atoms with Crippen molar-refractivity contribution in [2.75, 3.05) is 6.61 Å². The molecule has 0 aliphatic rings. The third kappa shape index (κ3) is 4.78. The molecule has 0 N–H and O–H groups in total. The standard InChI is InChI=1S/C4H9O.Sb.2H/c1-2-3-4-5;;;/h2-4H2,1H3;;;/q-1;+1;;. The van der Waals surface area contributed by atoms with Gasteiger partial charge in [-0.2, -0.15) is 0 Å². The van der Waals surface area contributed by atoms with E-state index in [1.165, 1.54) is 12.8 Å². The molecular formula is C4H11OSb. The van der Waals surface area contributed by atoms with Crippen LogP contribution in [0.2, 0.25) is 0 Å². The van der Waals surface area contributed by atoms with Gasteiger partial charge in [0.15, 0.2) is 0 Å². The van der Waals surface area contributed by atoms with E-state index in [2.05, 4.69) is 6.92 Å². The fourth-order valence-corrected chi connectivity index (χ4v) is 0.703. The van der Waals surface area contributed by atoms with E-state index >= 15 is 0 Å². The van der Waals surface area contributed by atoms with E-state index in [9.17, 15) is 0 Å². The summed E-state index contributed by atoms with van der Waals surface area (Å²) in [6, 6.07) is 0. The third-order valence-electron chi connectivity index (χ3n) is 0.616. The zero-order valence-corrected chi connectivity index (χ0v) is 7.40. The Morgan fingerprint density at radius 2 is 2.33 bits per heavy atom. The molecule has 1 nitrogen and oxygen atoms in total. The summed E-state index contributed by atoms with van der Waals surface area (Å²) in [5, 5.41) is 0. The minimum atomic E-state index is 0.956. The van der Waals surface area contributed by atoms with Gasteiger partial charge in [-0.15, -0.1) is 0 Å². The predicted octanol–water partition coefficient (Wildman–Crippen LogP) is 0.351. The molecule has 2 heteroatoms. The first kappa shape index (κ1) is 6.78. The van der Waals surface area contributed by atoms with Gasteiger partial charge in [-0.3, -0.25) is 0 Å². The molecule has 0 unspecified atom stereocenters. The first-order valence-electron chi connectivity index (χ1n) is 2.23. The van der Waals surface area contributed by atoms with Crippen LogP contribution in [0.15, 0.2) is 0 Å². The third-order valence-corrected chi connectivity index (χ3v) is 1.29. The number of unbranched alkanes of at least 4 members (excludes halogenated alkanes) is 1. The summed E-state index contributed by atoms with van der Waals surface area (Å²) < 4.78 is 4.91. The second kappa shape index (κ2) is 5.78. The van der Waals surface area contributed by atoms with E-state index in [1.54, 1.807) is 0 Å². The monoisotopic (exact) mass is 196 g/mol. The van der Waals surface area contributed by atoms with E-state index in [1.807, 2.05) is 0 Å². The molecule has 0 saturated heterocycles. The fraction of sp³-hybridized carbons (Fsp3) is 1.00. The van der Waals surface area contributed by atoms with E-state index in [-0.39, 0.29) is 0 Å². The van der Waals surface area contributed by atoms with Gasteiger partial charge in [0.05, 0.1) is 0 Å². The van der Waals surface area contributed by atoms with Crippen molar-refractivity contribution >= 4 is 23.4 Å². The topological polar surface area (TPSA) is 9.23 Å². The first-order chi connectivity index (χ1) is 2.91. The Morgan fingerprint density at radius 3 is 2.50 bits per heavy atom. The molecule has 0 spiro atoms. The van der Waals surface area contributed by atoms with Crippen molar-refractivity contribution < 1.29 is 3.02 Å². The summed E-state index contributed by atoms with van der Waals surface area (Å²) in [7, 11) is 0. The molecule has 0 aromatic rings. The van der Waals surface area contributed by atoms with Crippen molar-refractivity contribution in [3.8, 4) is 0 Å². The molecule has 6 heavy (non-hydrogen) atoms. The number of hydrogen-bond donors (Lipinski definition) is 0. The summed E-state index contributed by atoms with van der Waals surface area (Å²) >= 11 is 0.956. The van der Waals surface area contributed by atoms with Crippen LogP contribution in [0.1, 0.15) is 19.8 Å². The van der Waals surface area contributed by atoms with Gasteiger partial charge in [0.25, 0.3) is 0 Å². The Bertz CT molecular complexity index is 19.5. The number of rotatable bonds is 3.